The Labute approximate surface area is 162 Å². The molecule has 1 unspecified atom stereocenters. The zero-order chi connectivity index (χ0) is 19.1. The van der Waals surface area contributed by atoms with E-state index >= 15 is 0 Å². The Morgan fingerprint density at radius 1 is 1.11 bits per heavy atom. The minimum atomic E-state index is 0.0421. The molecule has 1 saturated heterocycles. The summed E-state index contributed by atoms with van der Waals surface area (Å²) in [5.41, 5.74) is 3.53. The minimum absolute atomic E-state index is 0.0421. The Kier molecular flexibility index (Phi) is 6.88. The number of carbonyl (C=O) groups excluding carboxylic acids is 1. The Balaban J connectivity index is 1.49. The Morgan fingerprint density at radius 3 is 2.59 bits per heavy atom. The van der Waals surface area contributed by atoms with E-state index in [1.165, 1.54) is 18.4 Å². The largest absolute Gasteiger partial charge is 0.493 e. The van der Waals surface area contributed by atoms with Crippen LogP contribution in [0.3, 0.4) is 0 Å². The first-order valence-electron chi connectivity index (χ1n) is 9.89. The van der Waals surface area contributed by atoms with Gasteiger partial charge in [-0.25, -0.2) is 0 Å². The molecule has 4 nitrogen and oxygen atoms in total. The van der Waals surface area contributed by atoms with E-state index in [2.05, 4.69) is 40.5 Å². The van der Waals surface area contributed by atoms with Gasteiger partial charge in [0.1, 0.15) is 5.75 Å². The van der Waals surface area contributed by atoms with Crippen LogP contribution in [0.15, 0.2) is 48.5 Å². The van der Waals surface area contributed by atoms with Gasteiger partial charge in [-0.15, -0.1) is 0 Å². The van der Waals surface area contributed by atoms with Crippen LogP contribution in [0.2, 0.25) is 0 Å². The van der Waals surface area contributed by atoms with Crippen molar-refractivity contribution in [2.45, 2.75) is 39.2 Å². The first-order valence-corrected chi connectivity index (χ1v) is 9.89. The van der Waals surface area contributed by atoms with Crippen molar-refractivity contribution in [3.05, 3.63) is 65.2 Å². The fraction of sp³-hybridized carbons (Fsp3) is 0.435. The zero-order valence-electron chi connectivity index (χ0n) is 16.4. The molecule has 2 aromatic rings. The third kappa shape index (κ3) is 5.57. The van der Waals surface area contributed by atoms with E-state index in [-0.39, 0.29) is 11.9 Å². The van der Waals surface area contributed by atoms with E-state index in [9.17, 15) is 4.79 Å². The van der Waals surface area contributed by atoms with Crippen LogP contribution in [0, 0.1) is 13.8 Å². The van der Waals surface area contributed by atoms with Crippen molar-refractivity contribution in [2.24, 2.45) is 0 Å². The molecule has 1 aliphatic rings. The highest BCUT2D eigenvalue weighted by Crippen LogP contribution is 2.24. The van der Waals surface area contributed by atoms with Gasteiger partial charge in [-0.2, -0.15) is 0 Å². The van der Waals surface area contributed by atoms with E-state index < -0.39 is 0 Å². The number of nitrogens with one attached hydrogen (secondary N) is 1. The maximum atomic E-state index is 12.3. The molecule has 4 heteroatoms. The maximum absolute atomic E-state index is 12.3. The van der Waals surface area contributed by atoms with Gasteiger partial charge in [0.25, 0.3) is 0 Å². The van der Waals surface area contributed by atoms with E-state index in [0.717, 1.165) is 30.0 Å². The second-order valence-electron chi connectivity index (χ2n) is 7.34. The number of carbonyl (C=O) groups is 1. The summed E-state index contributed by atoms with van der Waals surface area (Å²) in [6.07, 6.45) is 2.84. The fourth-order valence-electron chi connectivity index (χ4n) is 3.60. The number of amides is 1. The molecule has 0 aromatic heterocycles. The van der Waals surface area contributed by atoms with Gasteiger partial charge in [0, 0.05) is 6.54 Å². The Hall–Kier alpha value is -2.33. The van der Waals surface area contributed by atoms with Crippen molar-refractivity contribution in [2.75, 3.05) is 26.2 Å². The molecular weight excluding hydrogens is 336 g/mol. The number of likely N-dealkylation sites (tertiary alicyclic amines) is 1. The predicted octanol–water partition coefficient (Wildman–Crippen LogP) is 4.03. The lowest BCUT2D eigenvalue weighted by molar-refractivity contribution is -0.121. The normalized spacial score (nSPS) is 15.5. The van der Waals surface area contributed by atoms with E-state index in [1.807, 2.05) is 32.0 Å². The van der Waals surface area contributed by atoms with Gasteiger partial charge in [-0.1, -0.05) is 42.5 Å². The summed E-state index contributed by atoms with van der Waals surface area (Å²) in [5.74, 6) is 0.905. The number of aryl methyl sites for hydroxylation is 2. The van der Waals surface area contributed by atoms with Gasteiger partial charge in [0.15, 0.2) is 0 Å². The van der Waals surface area contributed by atoms with Gasteiger partial charge in [-0.05, 0) is 62.5 Å². The molecule has 1 aliphatic heterocycles. The fourth-order valence-corrected chi connectivity index (χ4v) is 3.60. The van der Waals surface area contributed by atoms with Crippen LogP contribution in [0.4, 0.5) is 0 Å². The molecule has 1 heterocycles. The van der Waals surface area contributed by atoms with Crippen molar-refractivity contribution in [1.29, 1.82) is 0 Å². The molecular formula is C23H30N2O2. The van der Waals surface area contributed by atoms with Crippen molar-refractivity contribution in [1.82, 2.24) is 10.2 Å². The highest BCUT2D eigenvalue weighted by atomic mass is 16.5. The van der Waals surface area contributed by atoms with Gasteiger partial charge in [0.05, 0.1) is 19.1 Å². The Bertz CT molecular complexity index is 739. The van der Waals surface area contributed by atoms with Crippen molar-refractivity contribution in [3.63, 3.8) is 0 Å². The number of ether oxygens (including phenoxy) is 1. The molecule has 2 aromatic carbocycles. The topological polar surface area (TPSA) is 41.6 Å². The second-order valence-corrected chi connectivity index (χ2v) is 7.34. The molecule has 144 valence electrons. The number of nitrogens with zero attached hydrogens (tertiary/aromatic N) is 1. The molecule has 1 fully saturated rings. The molecule has 27 heavy (non-hydrogen) atoms. The lowest BCUT2D eigenvalue weighted by Gasteiger charge is -2.28. The summed E-state index contributed by atoms with van der Waals surface area (Å²) < 4.78 is 5.81. The van der Waals surface area contributed by atoms with Crippen molar-refractivity contribution < 1.29 is 9.53 Å². The van der Waals surface area contributed by atoms with E-state index in [4.69, 9.17) is 4.74 Å². The summed E-state index contributed by atoms with van der Waals surface area (Å²) >= 11 is 0. The van der Waals surface area contributed by atoms with Crippen LogP contribution in [-0.2, 0) is 4.79 Å². The van der Waals surface area contributed by atoms with Crippen LogP contribution in [-0.4, -0.2) is 37.0 Å². The predicted molar refractivity (Wildman–Crippen MR) is 109 cm³/mol. The molecule has 0 aliphatic carbocycles. The maximum Gasteiger partial charge on any atom is 0.223 e. The van der Waals surface area contributed by atoms with Crippen LogP contribution < -0.4 is 10.1 Å². The number of hydrogen-bond acceptors (Lipinski definition) is 3. The van der Waals surface area contributed by atoms with Gasteiger partial charge in [0.2, 0.25) is 5.91 Å². The summed E-state index contributed by atoms with van der Waals surface area (Å²) in [4.78, 5) is 14.8. The zero-order valence-corrected chi connectivity index (χ0v) is 16.4. The van der Waals surface area contributed by atoms with Gasteiger partial charge >= 0.3 is 0 Å². The molecule has 1 N–H and O–H groups in total. The standard InChI is InChI=1S/C23H30N2O2/c1-18-10-11-19(2)22(16-18)27-15-12-23(26)24-17-21(25-13-6-7-14-25)20-8-4-3-5-9-20/h3-5,8-11,16,21H,6-7,12-15,17H2,1-2H3,(H,24,26). The number of hydrogen-bond donors (Lipinski definition) is 1. The number of rotatable bonds is 8. The van der Waals surface area contributed by atoms with Gasteiger partial charge < -0.3 is 10.1 Å². The monoisotopic (exact) mass is 366 g/mol. The van der Waals surface area contributed by atoms with Crippen LogP contribution >= 0.6 is 0 Å². The summed E-state index contributed by atoms with van der Waals surface area (Å²) in [5, 5.41) is 3.11. The molecule has 0 spiro atoms. The van der Waals surface area contributed by atoms with Crippen LogP contribution in [0.1, 0.15) is 42.0 Å². The van der Waals surface area contributed by atoms with E-state index in [0.29, 0.717) is 19.6 Å². The third-order valence-corrected chi connectivity index (χ3v) is 5.19. The summed E-state index contributed by atoms with van der Waals surface area (Å²) in [6, 6.07) is 16.9. The van der Waals surface area contributed by atoms with Crippen molar-refractivity contribution in [3.8, 4) is 5.75 Å². The van der Waals surface area contributed by atoms with Crippen LogP contribution in [0.25, 0.3) is 0 Å². The SMILES string of the molecule is Cc1ccc(C)c(OCCC(=O)NCC(c2ccccc2)N2CCCC2)c1. The minimum Gasteiger partial charge on any atom is -0.493 e. The van der Waals surface area contributed by atoms with Gasteiger partial charge in [-0.3, -0.25) is 9.69 Å². The Morgan fingerprint density at radius 2 is 1.85 bits per heavy atom. The molecule has 0 radical (unpaired) electrons. The summed E-state index contributed by atoms with van der Waals surface area (Å²) in [6.45, 7) is 7.31. The lowest BCUT2D eigenvalue weighted by atomic mass is 10.1. The molecule has 1 amide bonds. The molecule has 1 atom stereocenters. The molecule has 0 saturated carbocycles. The lowest BCUT2D eigenvalue weighted by Crippen LogP contribution is -2.37. The van der Waals surface area contributed by atoms with E-state index in [1.54, 1.807) is 0 Å². The molecule has 0 bridgehead atoms. The first-order chi connectivity index (χ1) is 13.1. The van der Waals surface area contributed by atoms with Crippen molar-refractivity contribution >= 4 is 5.91 Å². The quantitative estimate of drug-likeness (QED) is 0.767. The average Bonchev–Trinajstić information content (AvgIpc) is 3.20. The third-order valence-electron chi connectivity index (χ3n) is 5.19. The van der Waals surface area contributed by atoms with Crippen LogP contribution in [0.5, 0.6) is 5.75 Å². The smallest absolute Gasteiger partial charge is 0.223 e. The average molecular weight is 367 g/mol. The first kappa shape index (κ1) is 19.4. The highest BCUT2D eigenvalue weighted by molar-refractivity contribution is 5.76. The highest BCUT2D eigenvalue weighted by Gasteiger charge is 2.23. The molecule has 3 rings (SSSR count). The summed E-state index contributed by atoms with van der Waals surface area (Å²) in [7, 11) is 0. The number of benzene rings is 2. The second kappa shape index (κ2) is 9.56.